The molecule has 0 saturated carbocycles. The Morgan fingerprint density at radius 1 is 1.10 bits per heavy atom. The fourth-order valence-electron chi connectivity index (χ4n) is 4.22. The van der Waals surface area contributed by atoms with E-state index in [2.05, 4.69) is 32.3 Å². The average molecular weight is 423 g/mol. The van der Waals surface area contributed by atoms with Gasteiger partial charge < -0.3 is 25.3 Å². The smallest absolute Gasteiger partial charge is 0.191 e. The Bertz CT molecular complexity index is 690. The van der Waals surface area contributed by atoms with Gasteiger partial charge in [-0.05, 0) is 44.5 Å². The molecule has 8 heteroatoms. The summed E-state index contributed by atoms with van der Waals surface area (Å²) in [5, 5.41) is 6.83. The summed E-state index contributed by atoms with van der Waals surface area (Å²) in [5.74, 6) is -0.259. The SMILES string of the molecule is CCN1CCN(CCCCNC(=NC)NC2CCN(c3ccc(F)cc3F)C2)CC1. The molecule has 2 aliphatic rings. The highest BCUT2D eigenvalue weighted by molar-refractivity contribution is 5.80. The summed E-state index contributed by atoms with van der Waals surface area (Å²) in [6.07, 6.45) is 3.17. The van der Waals surface area contributed by atoms with Crippen LogP contribution in [0.15, 0.2) is 23.2 Å². The second-order valence-electron chi connectivity index (χ2n) is 8.15. The van der Waals surface area contributed by atoms with Crippen LogP contribution in [0.2, 0.25) is 0 Å². The maximum absolute atomic E-state index is 14.0. The van der Waals surface area contributed by atoms with Gasteiger partial charge in [-0.1, -0.05) is 6.92 Å². The maximum atomic E-state index is 14.0. The zero-order chi connectivity index (χ0) is 21.3. The van der Waals surface area contributed by atoms with Crippen LogP contribution in [0.25, 0.3) is 0 Å². The van der Waals surface area contributed by atoms with Crippen molar-refractivity contribution in [3.05, 3.63) is 29.8 Å². The molecular formula is C22H36F2N6. The number of halogens is 2. The van der Waals surface area contributed by atoms with Crippen LogP contribution in [0, 0.1) is 11.6 Å². The second kappa shape index (κ2) is 11.5. The van der Waals surface area contributed by atoms with Crippen LogP contribution in [0.4, 0.5) is 14.5 Å². The number of guanidine groups is 1. The van der Waals surface area contributed by atoms with Gasteiger partial charge >= 0.3 is 0 Å². The van der Waals surface area contributed by atoms with Crippen molar-refractivity contribution in [1.29, 1.82) is 0 Å². The Balaban J connectivity index is 1.32. The molecule has 1 unspecified atom stereocenters. The Morgan fingerprint density at radius 2 is 1.87 bits per heavy atom. The third-order valence-electron chi connectivity index (χ3n) is 6.11. The number of benzene rings is 1. The second-order valence-corrected chi connectivity index (χ2v) is 8.15. The van der Waals surface area contributed by atoms with Crippen LogP contribution >= 0.6 is 0 Å². The fraction of sp³-hybridized carbons (Fsp3) is 0.682. The van der Waals surface area contributed by atoms with Gasteiger partial charge in [0.15, 0.2) is 5.96 Å². The van der Waals surface area contributed by atoms with E-state index >= 15 is 0 Å². The van der Waals surface area contributed by atoms with E-state index < -0.39 is 11.6 Å². The van der Waals surface area contributed by atoms with E-state index in [0.717, 1.165) is 51.0 Å². The number of nitrogens with zero attached hydrogens (tertiary/aromatic N) is 4. The standard InChI is InChI=1S/C22H36F2N6/c1-3-28-12-14-29(15-13-28)10-5-4-9-26-22(25-2)27-19-8-11-30(17-19)21-7-6-18(23)16-20(21)24/h6-7,16,19H,3-5,8-15,17H2,1-2H3,(H2,25,26,27). The van der Waals surface area contributed by atoms with E-state index in [1.807, 2.05) is 4.90 Å². The van der Waals surface area contributed by atoms with Gasteiger partial charge in [0, 0.05) is 65.0 Å². The lowest BCUT2D eigenvalue weighted by Gasteiger charge is -2.34. The molecule has 2 heterocycles. The Hall–Kier alpha value is -1.93. The fourth-order valence-corrected chi connectivity index (χ4v) is 4.22. The molecule has 6 nitrogen and oxygen atoms in total. The minimum absolute atomic E-state index is 0.190. The predicted molar refractivity (Wildman–Crippen MR) is 119 cm³/mol. The van der Waals surface area contributed by atoms with E-state index in [-0.39, 0.29) is 6.04 Å². The van der Waals surface area contributed by atoms with Gasteiger partial charge in [-0.15, -0.1) is 0 Å². The Labute approximate surface area is 179 Å². The topological polar surface area (TPSA) is 46.1 Å². The van der Waals surface area contributed by atoms with Crippen molar-refractivity contribution in [3.63, 3.8) is 0 Å². The molecule has 2 N–H and O–H groups in total. The average Bonchev–Trinajstić information content (AvgIpc) is 3.21. The van der Waals surface area contributed by atoms with Crippen molar-refractivity contribution >= 4 is 11.6 Å². The van der Waals surface area contributed by atoms with E-state index in [0.29, 0.717) is 12.2 Å². The molecule has 0 aliphatic carbocycles. The number of anilines is 1. The van der Waals surface area contributed by atoms with E-state index in [4.69, 9.17) is 0 Å². The molecule has 1 atom stereocenters. The molecule has 0 aromatic heterocycles. The first-order chi connectivity index (χ1) is 14.6. The molecule has 1 aromatic carbocycles. The molecule has 1 aromatic rings. The minimum atomic E-state index is -0.544. The molecule has 0 spiro atoms. The predicted octanol–water partition coefficient (Wildman–Crippen LogP) is 2.13. The third kappa shape index (κ3) is 6.54. The van der Waals surface area contributed by atoms with Gasteiger partial charge in [0.1, 0.15) is 11.6 Å². The zero-order valence-corrected chi connectivity index (χ0v) is 18.3. The summed E-state index contributed by atoms with van der Waals surface area (Å²) in [7, 11) is 1.77. The molecule has 3 rings (SSSR count). The summed E-state index contributed by atoms with van der Waals surface area (Å²) in [6.45, 7) is 11.6. The summed E-state index contributed by atoms with van der Waals surface area (Å²) in [4.78, 5) is 11.3. The normalized spacial score (nSPS) is 21.3. The van der Waals surface area contributed by atoms with Crippen LogP contribution in [0.3, 0.4) is 0 Å². The van der Waals surface area contributed by atoms with E-state index in [9.17, 15) is 8.78 Å². The number of hydrogen-bond donors (Lipinski definition) is 2. The van der Waals surface area contributed by atoms with Gasteiger partial charge in [0.05, 0.1) is 5.69 Å². The molecule has 0 amide bonds. The highest BCUT2D eigenvalue weighted by Gasteiger charge is 2.25. The van der Waals surface area contributed by atoms with Gasteiger partial charge in [-0.3, -0.25) is 4.99 Å². The summed E-state index contributed by atoms with van der Waals surface area (Å²) >= 11 is 0. The minimum Gasteiger partial charge on any atom is -0.367 e. The summed E-state index contributed by atoms with van der Waals surface area (Å²) in [6, 6.07) is 3.96. The van der Waals surface area contributed by atoms with Gasteiger partial charge in [-0.2, -0.15) is 0 Å². The highest BCUT2D eigenvalue weighted by Crippen LogP contribution is 2.24. The number of nitrogens with one attached hydrogen (secondary N) is 2. The van der Waals surface area contributed by atoms with Crippen LogP contribution in [0.1, 0.15) is 26.2 Å². The molecule has 2 aliphatic heterocycles. The van der Waals surface area contributed by atoms with Crippen molar-refractivity contribution in [2.24, 2.45) is 4.99 Å². The monoisotopic (exact) mass is 422 g/mol. The number of rotatable bonds is 8. The largest absolute Gasteiger partial charge is 0.367 e. The number of hydrogen-bond acceptors (Lipinski definition) is 4. The van der Waals surface area contributed by atoms with Gasteiger partial charge in [-0.25, -0.2) is 8.78 Å². The number of piperazine rings is 1. The first-order valence-corrected chi connectivity index (χ1v) is 11.2. The lowest BCUT2D eigenvalue weighted by molar-refractivity contribution is 0.136. The first-order valence-electron chi connectivity index (χ1n) is 11.2. The Kier molecular flexibility index (Phi) is 8.69. The van der Waals surface area contributed by atoms with Crippen LogP contribution in [-0.2, 0) is 0 Å². The third-order valence-corrected chi connectivity index (χ3v) is 6.11. The van der Waals surface area contributed by atoms with Gasteiger partial charge in [0.2, 0.25) is 0 Å². The molecule has 0 radical (unpaired) electrons. The van der Waals surface area contributed by atoms with Crippen molar-refractivity contribution in [2.75, 3.05) is 70.9 Å². The summed E-state index contributed by atoms with van der Waals surface area (Å²) < 4.78 is 27.2. The van der Waals surface area contributed by atoms with Crippen LogP contribution < -0.4 is 15.5 Å². The molecule has 168 valence electrons. The van der Waals surface area contributed by atoms with Crippen LogP contribution in [0.5, 0.6) is 0 Å². The quantitative estimate of drug-likeness (QED) is 0.382. The molecule has 2 saturated heterocycles. The molecule has 0 bridgehead atoms. The summed E-state index contributed by atoms with van der Waals surface area (Å²) in [5.41, 5.74) is 0.461. The lowest BCUT2D eigenvalue weighted by atomic mass is 10.2. The zero-order valence-electron chi connectivity index (χ0n) is 18.3. The number of likely N-dealkylation sites (N-methyl/N-ethyl adjacent to an activating group) is 1. The lowest BCUT2D eigenvalue weighted by Crippen LogP contribution is -2.46. The van der Waals surface area contributed by atoms with Crippen molar-refractivity contribution < 1.29 is 8.78 Å². The van der Waals surface area contributed by atoms with Crippen molar-refractivity contribution in [2.45, 2.75) is 32.2 Å². The first kappa shape index (κ1) is 22.7. The molecule has 2 fully saturated rings. The number of aliphatic imine (C=N–C) groups is 1. The van der Waals surface area contributed by atoms with E-state index in [1.165, 1.54) is 44.7 Å². The van der Waals surface area contributed by atoms with Crippen molar-refractivity contribution in [3.8, 4) is 0 Å². The van der Waals surface area contributed by atoms with Gasteiger partial charge in [0.25, 0.3) is 0 Å². The molecule has 30 heavy (non-hydrogen) atoms. The van der Waals surface area contributed by atoms with E-state index in [1.54, 1.807) is 7.05 Å². The Morgan fingerprint density at radius 3 is 2.57 bits per heavy atom. The maximum Gasteiger partial charge on any atom is 0.191 e. The van der Waals surface area contributed by atoms with Crippen molar-refractivity contribution in [1.82, 2.24) is 20.4 Å². The highest BCUT2D eigenvalue weighted by atomic mass is 19.1. The van der Waals surface area contributed by atoms with Crippen LogP contribution in [-0.4, -0.2) is 87.8 Å². The molecular weight excluding hydrogens is 386 g/mol. The number of unbranched alkanes of at least 4 members (excludes halogenated alkanes) is 1.